The Morgan fingerprint density at radius 2 is 1.92 bits per heavy atom. The van der Waals surface area contributed by atoms with Gasteiger partial charge in [-0.2, -0.15) is 0 Å². The molecule has 7 heteroatoms. The van der Waals surface area contributed by atoms with Crippen molar-refractivity contribution in [3.63, 3.8) is 0 Å². The molecule has 0 saturated heterocycles. The maximum Gasteiger partial charge on any atom is 0.408 e. The average molecular weight is 353 g/mol. The van der Waals surface area contributed by atoms with Gasteiger partial charge in [0.1, 0.15) is 5.60 Å². The fraction of sp³-hybridized carbons (Fsp3) is 0.471. The molecular weight excluding hydrogens is 330 g/mol. The summed E-state index contributed by atoms with van der Waals surface area (Å²) in [7, 11) is 1.30. The summed E-state index contributed by atoms with van der Waals surface area (Å²) in [4.78, 5) is 35.0. The lowest BCUT2D eigenvalue weighted by Gasteiger charge is -2.23. The first kappa shape index (κ1) is 20.0. The van der Waals surface area contributed by atoms with Gasteiger partial charge in [0, 0.05) is 12.7 Å². The zero-order valence-corrected chi connectivity index (χ0v) is 15.4. The summed E-state index contributed by atoms with van der Waals surface area (Å²) in [5.74, 6) is -0.133. The predicted octanol–water partition coefficient (Wildman–Crippen LogP) is 3.32. The Hall–Kier alpha value is -2.02. The highest BCUT2D eigenvalue weighted by atomic mass is 32.2. The number of methoxy groups -OCH3 is 1. The number of thioether (sulfide) groups is 1. The number of hydrogen-bond donors (Lipinski definition) is 1. The van der Waals surface area contributed by atoms with Crippen LogP contribution in [0.3, 0.4) is 0 Å². The largest absolute Gasteiger partial charge is 0.465 e. The SMILES string of the molecule is COC(=O)c1cccc(C(CSC(C)=O)NC(=O)OC(C)(C)C)c1. The summed E-state index contributed by atoms with van der Waals surface area (Å²) < 4.78 is 9.97. The molecule has 1 aromatic carbocycles. The van der Waals surface area contributed by atoms with E-state index in [1.165, 1.54) is 14.0 Å². The summed E-state index contributed by atoms with van der Waals surface area (Å²) in [6.07, 6.45) is -0.583. The Labute approximate surface area is 146 Å². The number of ether oxygens (including phenoxy) is 2. The van der Waals surface area contributed by atoms with E-state index in [1.54, 1.807) is 45.0 Å². The van der Waals surface area contributed by atoms with Gasteiger partial charge in [-0.25, -0.2) is 9.59 Å². The van der Waals surface area contributed by atoms with Crippen LogP contribution in [0.2, 0.25) is 0 Å². The van der Waals surface area contributed by atoms with Crippen molar-refractivity contribution in [2.45, 2.75) is 39.3 Å². The van der Waals surface area contributed by atoms with Crippen molar-refractivity contribution in [1.29, 1.82) is 0 Å². The minimum atomic E-state index is -0.629. The first-order chi connectivity index (χ1) is 11.1. The number of alkyl carbamates (subject to hydrolysis) is 1. The third-order valence-corrected chi connectivity index (χ3v) is 3.76. The Morgan fingerprint density at radius 1 is 1.25 bits per heavy atom. The number of benzene rings is 1. The number of nitrogens with one attached hydrogen (secondary N) is 1. The van der Waals surface area contributed by atoms with Crippen molar-refractivity contribution in [1.82, 2.24) is 5.32 Å². The van der Waals surface area contributed by atoms with Crippen LogP contribution >= 0.6 is 11.8 Å². The molecule has 6 nitrogen and oxygen atoms in total. The van der Waals surface area contributed by atoms with Gasteiger partial charge < -0.3 is 14.8 Å². The van der Waals surface area contributed by atoms with Gasteiger partial charge in [-0.1, -0.05) is 23.9 Å². The number of amides is 1. The number of rotatable bonds is 5. The van der Waals surface area contributed by atoms with Crippen molar-refractivity contribution in [2.75, 3.05) is 12.9 Å². The van der Waals surface area contributed by atoms with E-state index in [4.69, 9.17) is 9.47 Å². The molecule has 1 unspecified atom stereocenters. The van der Waals surface area contributed by atoms with E-state index in [0.29, 0.717) is 16.9 Å². The van der Waals surface area contributed by atoms with Crippen LogP contribution < -0.4 is 5.32 Å². The highest BCUT2D eigenvalue weighted by Gasteiger charge is 2.22. The van der Waals surface area contributed by atoms with Gasteiger partial charge in [-0.05, 0) is 38.5 Å². The van der Waals surface area contributed by atoms with Crippen LogP contribution in [0.5, 0.6) is 0 Å². The lowest BCUT2D eigenvalue weighted by Crippen LogP contribution is -2.36. The normalized spacial score (nSPS) is 12.2. The van der Waals surface area contributed by atoms with Crippen molar-refractivity contribution in [3.05, 3.63) is 35.4 Å². The quantitative estimate of drug-likeness (QED) is 0.818. The molecular formula is C17H23NO5S. The predicted molar refractivity (Wildman–Crippen MR) is 93.0 cm³/mol. The lowest BCUT2D eigenvalue weighted by atomic mass is 10.1. The third-order valence-electron chi connectivity index (χ3n) is 2.85. The number of carbonyl (C=O) groups is 3. The molecule has 1 rings (SSSR count). The Bertz CT molecular complexity index is 609. The second-order valence-electron chi connectivity index (χ2n) is 6.12. The second-order valence-corrected chi connectivity index (χ2v) is 7.32. The molecule has 1 amide bonds. The standard InChI is InChI=1S/C17H23NO5S/c1-11(19)24-10-14(18-16(21)23-17(2,3)4)12-7-6-8-13(9-12)15(20)22-5/h6-9,14H,10H2,1-5H3,(H,18,21). The van der Waals surface area contributed by atoms with E-state index in [2.05, 4.69) is 5.32 Å². The van der Waals surface area contributed by atoms with Gasteiger partial charge in [0.25, 0.3) is 0 Å². The fourth-order valence-corrected chi connectivity index (χ4v) is 2.55. The van der Waals surface area contributed by atoms with Crippen molar-refractivity contribution >= 4 is 28.9 Å². The average Bonchev–Trinajstić information content (AvgIpc) is 2.48. The molecule has 1 atom stereocenters. The Kier molecular flexibility index (Phi) is 7.28. The molecule has 0 aliphatic rings. The molecule has 0 bridgehead atoms. The maximum absolute atomic E-state index is 12.0. The molecule has 132 valence electrons. The van der Waals surface area contributed by atoms with E-state index < -0.39 is 23.7 Å². The maximum atomic E-state index is 12.0. The van der Waals surface area contributed by atoms with Crippen molar-refractivity contribution < 1.29 is 23.9 Å². The van der Waals surface area contributed by atoms with Crippen LogP contribution in [-0.2, 0) is 14.3 Å². The summed E-state index contributed by atoms with van der Waals surface area (Å²) >= 11 is 1.09. The highest BCUT2D eigenvalue weighted by molar-refractivity contribution is 8.13. The van der Waals surface area contributed by atoms with E-state index in [0.717, 1.165) is 11.8 Å². The zero-order valence-electron chi connectivity index (χ0n) is 14.5. The van der Waals surface area contributed by atoms with Gasteiger partial charge in [0.05, 0.1) is 18.7 Å². The molecule has 0 radical (unpaired) electrons. The monoisotopic (exact) mass is 353 g/mol. The van der Waals surface area contributed by atoms with E-state index in [1.807, 2.05) is 0 Å². The van der Waals surface area contributed by atoms with Crippen LogP contribution in [0.4, 0.5) is 4.79 Å². The first-order valence-corrected chi connectivity index (χ1v) is 8.42. The molecule has 1 N–H and O–H groups in total. The van der Waals surface area contributed by atoms with Crippen LogP contribution in [0, 0.1) is 0 Å². The molecule has 1 aromatic rings. The summed E-state index contributed by atoms with van der Waals surface area (Å²) in [5, 5.41) is 2.68. The molecule has 24 heavy (non-hydrogen) atoms. The number of esters is 1. The van der Waals surface area contributed by atoms with Gasteiger partial charge >= 0.3 is 12.1 Å². The number of hydrogen-bond acceptors (Lipinski definition) is 6. The second kappa shape index (κ2) is 8.73. The fourth-order valence-electron chi connectivity index (χ4n) is 1.87. The molecule has 0 fully saturated rings. The molecule has 0 aliphatic carbocycles. The highest BCUT2D eigenvalue weighted by Crippen LogP contribution is 2.21. The van der Waals surface area contributed by atoms with Crippen LogP contribution in [-0.4, -0.2) is 35.6 Å². The smallest absolute Gasteiger partial charge is 0.408 e. The molecule has 0 aromatic heterocycles. The summed E-state index contributed by atoms with van der Waals surface area (Å²) in [6.45, 7) is 6.76. The third kappa shape index (κ3) is 7.04. The van der Waals surface area contributed by atoms with Gasteiger partial charge in [0.2, 0.25) is 0 Å². The Balaban J connectivity index is 2.98. The van der Waals surface area contributed by atoms with E-state index >= 15 is 0 Å². The summed E-state index contributed by atoms with van der Waals surface area (Å²) in [6, 6.07) is 6.25. The van der Waals surface area contributed by atoms with Gasteiger partial charge in [-0.15, -0.1) is 0 Å². The molecule has 0 saturated carbocycles. The summed E-state index contributed by atoms with van der Waals surface area (Å²) in [5.41, 5.74) is 0.437. The van der Waals surface area contributed by atoms with Crippen molar-refractivity contribution in [3.8, 4) is 0 Å². The van der Waals surface area contributed by atoms with Crippen LogP contribution in [0.25, 0.3) is 0 Å². The topological polar surface area (TPSA) is 81.7 Å². The van der Waals surface area contributed by atoms with Crippen LogP contribution in [0.1, 0.15) is 49.7 Å². The lowest BCUT2D eigenvalue weighted by molar-refractivity contribution is -0.109. The number of carbonyl (C=O) groups excluding carboxylic acids is 3. The first-order valence-electron chi connectivity index (χ1n) is 7.43. The Morgan fingerprint density at radius 3 is 2.46 bits per heavy atom. The molecule has 0 aliphatic heterocycles. The molecule has 0 heterocycles. The molecule has 0 spiro atoms. The zero-order chi connectivity index (χ0) is 18.3. The van der Waals surface area contributed by atoms with Gasteiger partial charge in [0.15, 0.2) is 5.12 Å². The van der Waals surface area contributed by atoms with Gasteiger partial charge in [-0.3, -0.25) is 4.79 Å². The minimum absolute atomic E-state index is 0.0601. The van der Waals surface area contributed by atoms with E-state index in [-0.39, 0.29) is 5.12 Å². The van der Waals surface area contributed by atoms with Crippen LogP contribution in [0.15, 0.2) is 24.3 Å². The van der Waals surface area contributed by atoms with E-state index in [9.17, 15) is 14.4 Å². The van der Waals surface area contributed by atoms with Crippen molar-refractivity contribution in [2.24, 2.45) is 0 Å². The minimum Gasteiger partial charge on any atom is -0.465 e.